The van der Waals surface area contributed by atoms with Gasteiger partial charge in [0.1, 0.15) is 12.6 Å². The fourth-order valence-corrected chi connectivity index (χ4v) is 10.3. The van der Waals surface area contributed by atoms with Gasteiger partial charge in [-0.1, -0.05) is 60.1 Å². The standard InChI is InChI=1S/C33H43N3O3/c1-28(2)10-12-33(27(39)36-15-14-34)13-11-32(7)25(21(33)18-28)22(37)16-24-30(5)17-20(19-35)26(38)29(3,4)23(30)8-9-31(24,32)6/h16-17,21,23,25H,8-13,15,18H2,1-7H3,(H,36,39)/t21-,23-,25-,30-,31+,32+,33-/m0/s1. The van der Waals surface area contributed by atoms with Crippen LogP contribution in [0.15, 0.2) is 23.3 Å². The third-order valence-corrected chi connectivity index (χ3v) is 12.6. The van der Waals surface area contributed by atoms with Crippen molar-refractivity contribution in [1.29, 1.82) is 10.5 Å². The Hall–Kier alpha value is -2.73. The lowest BCUT2D eigenvalue weighted by Crippen LogP contribution is -2.66. The van der Waals surface area contributed by atoms with Gasteiger partial charge in [0.25, 0.3) is 0 Å². The normalized spacial score (nSPS) is 43.7. The first kappa shape index (κ1) is 27.8. The zero-order valence-electron chi connectivity index (χ0n) is 24.7. The molecular formula is C33H43N3O3. The third-order valence-electron chi connectivity index (χ3n) is 12.6. The lowest BCUT2D eigenvalue weighted by Gasteiger charge is -2.69. The number of carbonyl (C=O) groups is 3. The number of amides is 1. The Labute approximate surface area is 233 Å². The first-order chi connectivity index (χ1) is 18.0. The molecule has 0 aromatic carbocycles. The second-order valence-corrected chi connectivity index (χ2v) is 15.3. The van der Waals surface area contributed by atoms with Crippen LogP contribution in [-0.2, 0) is 14.4 Å². The highest BCUT2D eigenvalue weighted by atomic mass is 16.2. The van der Waals surface area contributed by atoms with Gasteiger partial charge in [0.15, 0.2) is 11.6 Å². The van der Waals surface area contributed by atoms with Crippen molar-refractivity contribution in [2.24, 2.45) is 50.2 Å². The van der Waals surface area contributed by atoms with E-state index in [9.17, 15) is 19.6 Å². The molecule has 208 valence electrons. The van der Waals surface area contributed by atoms with E-state index in [0.29, 0.717) is 6.42 Å². The summed E-state index contributed by atoms with van der Waals surface area (Å²) in [5, 5.41) is 21.9. The molecule has 1 N–H and O–H groups in total. The molecule has 5 rings (SSSR count). The molecule has 7 atom stereocenters. The molecule has 0 aromatic rings. The van der Waals surface area contributed by atoms with Crippen LogP contribution in [-0.4, -0.2) is 24.0 Å². The first-order valence-electron chi connectivity index (χ1n) is 14.6. The van der Waals surface area contributed by atoms with E-state index in [0.717, 1.165) is 44.1 Å². The summed E-state index contributed by atoms with van der Waals surface area (Å²) in [7, 11) is 0. The van der Waals surface area contributed by atoms with Gasteiger partial charge in [-0.3, -0.25) is 14.4 Å². The number of Topliss-reactive ketones (excluding diaryl/α,β-unsaturated/α-hetero) is 1. The van der Waals surface area contributed by atoms with Crippen molar-refractivity contribution < 1.29 is 14.4 Å². The Kier molecular flexibility index (Phi) is 5.98. The molecule has 0 aliphatic heterocycles. The number of allylic oxidation sites excluding steroid dienone is 4. The average molecular weight is 530 g/mol. The van der Waals surface area contributed by atoms with Crippen LogP contribution in [0.25, 0.3) is 0 Å². The third kappa shape index (κ3) is 3.46. The molecule has 39 heavy (non-hydrogen) atoms. The SMILES string of the molecule is CC1(C)CC[C@]2(C(=O)NCC#N)CC[C@]3(C)[C@H](C(=O)C=C4[C@@]5(C)C=C(C#N)C(=O)C(C)(C)[C@@H]5CC[C@]43C)[C@@H]2C1. The molecule has 0 spiro atoms. The highest BCUT2D eigenvalue weighted by Crippen LogP contribution is 2.74. The maximum absolute atomic E-state index is 14.5. The van der Waals surface area contributed by atoms with E-state index in [1.165, 1.54) is 0 Å². The number of rotatable bonds is 2. The van der Waals surface area contributed by atoms with Gasteiger partial charge in [0.05, 0.1) is 17.1 Å². The molecule has 0 unspecified atom stereocenters. The Morgan fingerprint density at radius 1 is 1.00 bits per heavy atom. The summed E-state index contributed by atoms with van der Waals surface area (Å²) in [6.07, 6.45) is 9.39. The minimum absolute atomic E-state index is 0.00919. The van der Waals surface area contributed by atoms with Gasteiger partial charge < -0.3 is 5.32 Å². The fourth-order valence-electron chi connectivity index (χ4n) is 10.3. The predicted molar refractivity (Wildman–Crippen MR) is 148 cm³/mol. The molecule has 3 saturated carbocycles. The molecule has 0 radical (unpaired) electrons. The molecule has 6 heteroatoms. The smallest absolute Gasteiger partial charge is 0.227 e. The predicted octanol–water partition coefficient (Wildman–Crippen LogP) is 5.85. The fraction of sp³-hybridized carbons (Fsp3) is 0.727. The molecule has 1 amide bonds. The van der Waals surface area contributed by atoms with Crippen molar-refractivity contribution in [2.75, 3.05) is 6.54 Å². The van der Waals surface area contributed by atoms with Crippen LogP contribution < -0.4 is 5.32 Å². The Bertz CT molecular complexity index is 1310. The molecule has 0 bridgehead atoms. The van der Waals surface area contributed by atoms with Crippen LogP contribution in [0.1, 0.15) is 93.4 Å². The first-order valence-corrected chi connectivity index (χ1v) is 14.6. The van der Waals surface area contributed by atoms with Crippen molar-refractivity contribution in [3.05, 3.63) is 23.3 Å². The van der Waals surface area contributed by atoms with E-state index in [4.69, 9.17) is 5.26 Å². The summed E-state index contributed by atoms with van der Waals surface area (Å²) < 4.78 is 0. The number of nitrogens with zero attached hydrogens (tertiary/aromatic N) is 2. The monoisotopic (exact) mass is 529 g/mol. The quantitative estimate of drug-likeness (QED) is 0.451. The minimum Gasteiger partial charge on any atom is -0.343 e. The van der Waals surface area contributed by atoms with Crippen molar-refractivity contribution in [3.8, 4) is 12.1 Å². The molecule has 5 aliphatic carbocycles. The lowest BCUT2D eigenvalue weighted by atomic mass is 9.34. The van der Waals surface area contributed by atoms with Crippen molar-refractivity contribution in [1.82, 2.24) is 5.32 Å². The number of nitrogens with one attached hydrogen (secondary N) is 1. The van der Waals surface area contributed by atoms with E-state index in [-0.39, 0.29) is 63.6 Å². The van der Waals surface area contributed by atoms with Gasteiger partial charge in [0, 0.05) is 16.7 Å². The van der Waals surface area contributed by atoms with Crippen LogP contribution in [0.4, 0.5) is 0 Å². The number of hydrogen-bond donors (Lipinski definition) is 1. The molecular weight excluding hydrogens is 486 g/mol. The number of hydrogen-bond acceptors (Lipinski definition) is 5. The van der Waals surface area contributed by atoms with Crippen LogP contribution in [0.2, 0.25) is 0 Å². The summed E-state index contributed by atoms with van der Waals surface area (Å²) in [4.78, 5) is 41.4. The Morgan fingerprint density at radius 2 is 1.67 bits per heavy atom. The van der Waals surface area contributed by atoms with Gasteiger partial charge in [-0.05, 0) is 79.1 Å². The van der Waals surface area contributed by atoms with Gasteiger partial charge in [-0.2, -0.15) is 10.5 Å². The average Bonchev–Trinajstić information content (AvgIpc) is 2.86. The van der Waals surface area contributed by atoms with Gasteiger partial charge in [-0.25, -0.2) is 0 Å². The molecule has 5 aliphatic rings. The summed E-state index contributed by atoms with van der Waals surface area (Å²) in [5.74, 6) is -0.447. The number of ketones is 2. The molecule has 0 saturated heterocycles. The Balaban J connectivity index is 1.68. The number of carbonyl (C=O) groups excluding carboxylic acids is 3. The van der Waals surface area contributed by atoms with E-state index < -0.39 is 16.2 Å². The van der Waals surface area contributed by atoms with E-state index in [2.05, 4.69) is 46.0 Å². The summed E-state index contributed by atoms with van der Waals surface area (Å²) >= 11 is 0. The van der Waals surface area contributed by atoms with Crippen LogP contribution >= 0.6 is 0 Å². The highest BCUT2D eigenvalue weighted by molar-refractivity contribution is 6.04. The van der Waals surface area contributed by atoms with Crippen LogP contribution in [0.5, 0.6) is 0 Å². The largest absolute Gasteiger partial charge is 0.343 e. The molecule has 0 aromatic heterocycles. The van der Waals surface area contributed by atoms with Gasteiger partial charge >= 0.3 is 0 Å². The molecule has 0 heterocycles. The minimum atomic E-state index is -0.689. The van der Waals surface area contributed by atoms with E-state index in [1.807, 2.05) is 32.1 Å². The van der Waals surface area contributed by atoms with Gasteiger partial charge in [0.2, 0.25) is 5.91 Å². The number of fused-ring (bicyclic) bond motifs is 7. The second kappa shape index (κ2) is 8.39. The van der Waals surface area contributed by atoms with Crippen molar-refractivity contribution >= 4 is 17.5 Å². The number of nitriles is 2. The topological polar surface area (TPSA) is 111 Å². The highest BCUT2D eigenvalue weighted by Gasteiger charge is 2.70. The second-order valence-electron chi connectivity index (χ2n) is 15.3. The van der Waals surface area contributed by atoms with Gasteiger partial charge in [-0.15, -0.1) is 0 Å². The maximum Gasteiger partial charge on any atom is 0.227 e. The van der Waals surface area contributed by atoms with Crippen LogP contribution in [0, 0.1) is 72.9 Å². The summed E-state index contributed by atoms with van der Waals surface area (Å²) in [6, 6.07) is 4.21. The zero-order chi connectivity index (χ0) is 28.8. The lowest BCUT2D eigenvalue weighted by molar-refractivity contribution is -0.178. The van der Waals surface area contributed by atoms with Crippen molar-refractivity contribution in [3.63, 3.8) is 0 Å². The summed E-state index contributed by atoms with van der Waals surface area (Å²) in [5.41, 5.74) is -1.26. The van der Waals surface area contributed by atoms with E-state index in [1.54, 1.807) is 0 Å². The Morgan fingerprint density at radius 3 is 2.31 bits per heavy atom. The molecule has 3 fully saturated rings. The molecule has 6 nitrogen and oxygen atoms in total. The zero-order valence-corrected chi connectivity index (χ0v) is 24.7. The van der Waals surface area contributed by atoms with Crippen molar-refractivity contribution in [2.45, 2.75) is 93.4 Å². The summed E-state index contributed by atoms with van der Waals surface area (Å²) in [6.45, 7) is 15.1. The maximum atomic E-state index is 14.5. The van der Waals surface area contributed by atoms with Crippen LogP contribution in [0.3, 0.4) is 0 Å². The van der Waals surface area contributed by atoms with E-state index >= 15 is 0 Å².